The van der Waals surface area contributed by atoms with E-state index in [0.717, 1.165) is 5.69 Å². The number of halogens is 3. The molecular weight excluding hydrogens is 223 g/mol. The van der Waals surface area contributed by atoms with Gasteiger partial charge in [0.15, 0.2) is 6.10 Å². The van der Waals surface area contributed by atoms with Gasteiger partial charge in [-0.2, -0.15) is 18.3 Å². The first-order valence-corrected chi connectivity index (χ1v) is 4.83. The normalized spacial score (nSPS) is 14.1. The van der Waals surface area contributed by atoms with Gasteiger partial charge in [-0.05, 0) is 6.07 Å². The summed E-state index contributed by atoms with van der Waals surface area (Å²) in [4.78, 5) is 0. The molecule has 1 aromatic rings. The lowest BCUT2D eigenvalue weighted by atomic mass is 10.3. The Morgan fingerprint density at radius 1 is 1.56 bits per heavy atom. The van der Waals surface area contributed by atoms with Gasteiger partial charge in [-0.3, -0.25) is 4.68 Å². The number of rotatable bonds is 5. The summed E-state index contributed by atoms with van der Waals surface area (Å²) < 4.78 is 37.4. The molecule has 1 heterocycles. The molecule has 2 N–H and O–H groups in total. The van der Waals surface area contributed by atoms with E-state index in [-0.39, 0.29) is 0 Å². The Kier molecular flexibility index (Phi) is 4.31. The predicted molar refractivity (Wildman–Crippen MR) is 51.8 cm³/mol. The van der Waals surface area contributed by atoms with Gasteiger partial charge in [0.2, 0.25) is 0 Å². The standard InChI is InChI=1S/C9H14F3N3O/c1-15-7(3-5-14-15)2-4-13-6-8(16)9(10,11)12/h3,5,8,13,16H,2,4,6H2,1H3. The van der Waals surface area contributed by atoms with Crippen molar-refractivity contribution < 1.29 is 18.3 Å². The summed E-state index contributed by atoms with van der Waals surface area (Å²) in [5.74, 6) is 0. The Morgan fingerprint density at radius 3 is 2.75 bits per heavy atom. The summed E-state index contributed by atoms with van der Waals surface area (Å²) in [6.07, 6.45) is -4.67. The molecule has 16 heavy (non-hydrogen) atoms. The summed E-state index contributed by atoms with van der Waals surface area (Å²) in [6.45, 7) is -0.117. The van der Waals surface area contributed by atoms with Crippen LogP contribution in [0.5, 0.6) is 0 Å². The maximum Gasteiger partial charge on any atom is 0.415 e. The highest BCUT2D eigenvalue weighted by atomic mass is 19.4. The SMILES string of the molecule is Cn1nccc1CCNCC(O)C(F)(F)F. The Balaban J connectivity index is 2.20. The number of hydrogen-bond acceptors (Lipinski definition) is 3. The molecule has 0 radical (unpaired) electrons. The van der Waals surface area contributed by atoms with Crippen LogP contribution >= 0.6 is 0 Å². The topological polar surface area (TPSA) is 50.1 Å². The van der Waals surface area contributed by atoms with Crippen molar-refractivity contribution in [3.63, 3.8) is 0 Å². The number of aryl methyl sites for hydroxylation is 1. The van der Waals surface area contributed by atoms with Crippen LogP contribution in [0.1, 0.15) is 5.69 Å². The maximum absolute atomic E-state index is 11.9. The van der Waals surface area contributed by atoms with Crippen molar-refractivity contribution in [2.75, 3.05) is 13.1 Å². The van der Waals surface area contributed by atoms with Crippen LogP contribution in [0.3, 0.4) is 0 Å². The molecule has 0 saturated heterocycles. The first-order chi connectivity index (χ1) is 7.41. The Hall–Kier alpha value is -1.08. The maximum atomic E-state index is 11.9. The van der Waals surface area contributed by atoms with Crippen molar-refractivity contribution in [3.8, 4) is 0 Å². The summed E-state index contributed by atoms with van der Waals surface area (Å²) in [5.41, 5.74) is 0.925. The van der Waals surface area contributed by atoms with Gasteiger partial charge >= 0.3 is 6.18 Å². The number of nitrogens with one attached hydrogen (secondary N) is 1. The first-order valence-electron chi connectivity index (χ1n) is 4.83. The van der Waals surface area contributed by atoms with Gasteiger partial charge in [0.05, 0.1) is 0 Å². The summed E-state index contributed by atoms with van der Waals surface area (Å²) in [5, 5.41) is 15.2. The molecule has 0 fully saturated rings. The lowest BCUT2D eigenvalue weighted by molar-refractivity contribution is -0.201. The molecule has 1 aromatic heterocycles. The van der Waals surface area contributed by atoms with E-state index in [9.17, 15) is 13.2 Å². The van der Waals surface area contributed by atoms with E-state index in [1.807, 2.05) is 0 Å². The molecule has 0 bridgehead atoms. The smallest absolute Gasteiger partial charge is 0.382 e. The van der Waals surface area contributed by atoms with Gasteiger partial charge in [0, 0.05) is 38.4 Å². The van der Waals surface area contributed by atoms with Gasteiger partial charge in [0.1, 0.15) is 0 Å². The number of aliphatic hydroxyl groups excluding tert-OH is 1. The zero-order valence-corrected chi connectivity index (χ0v) is 8.83. The van der Waals surface area contributed by atoms with Gasteiger partial charge in [-0.15, -0.1) is 0 Å². The average Bonchev–Trinajstić information content (AvgIpc) is 2.57. The van der Waals surface area contributed by atoms with Crippen LogP contribution in [0.4, 0.5) is 13.2 Å². The second-order valence-corrected chi connectivity index (χ2v) is 3.46. The molecule has 0 saturated carbocycles. The third kappa shape index (κ3) is 3.82. The molecule has 1 unspecified atom stereocenters. The number of alkyl halides is 3. The van der Waals surface area contributed by atoms with Crippen molar-refractivity contribution in [1.82, 2.24) is 15.1 Å². The van der Waals surface area contributed by atoms with Crippen molar-refractivity contribution in [2.45, 2.75) is 18.7 Å². The Morgan fingerprint density at radius 2 is 2.25 bits per heavy atom. The van der Waals surface area contributed by atoms with E-state index in [1.165, 1.54) is 0 Å². The fourth-order valence-corrected chi connectivity index (χ4v) is 1.22. The fraction of sp³-hybridized carbons (Fsp3) is 0.667. The van der Waals surface area contributed by atoms with Crippen molar-refractivity contribution >= 4 is 0 Å². The molecule has 0 aliphatic carbocycles. The lowest BCUT2D eigenvalue weighted by Gasteiger charge is -2.14. The van der Waals surface area contributed by atoms with E-state index >= 15 is 0 Å². The van der Waals surface area contributed by atoms with E-state index < -0.39 is 18.8 Å². The number of aromatic nitrogens is 2. The van der Waals surface area contributed by atoms with Crippen LogP contribution in [0.25, 0.3) is 0 Å². The summed E-state index contributed by atoms with van der Waals surface area (Å²) >= 11 is 0. The van der Waals surface area contributed by atoms with E-state index in [0.29, 0.717) is 13.0 Å². The molecule has 0 aliphatic heterocycles. The predicted octanol–water partition coefficient (Wildman–Crippen LogP) is 0.475. The fourth-order valence-electron chi connectivity index (χ4n) is 1.22. The number of nitrogens with zero attached hydrogens (tertiary/aromatic N) is 2. The number of hydrogen-bond donors (Lipinski definition) is 2. The largest absolute Gasteiger partial charge is 0.415 e. The Labute approximate surface area is 91.1 Å². The number of aliphatic hydroxyl groups is 1. The van der Waals surface area contributed by atoms with Crippen LogP contribution in [0.2, 0.25) is 0 Å². The van der Waals surface area contributed by atoms with Gasteiger partial charge in [-0.1, -0.05) is 0 Å². The van der Waals surface area contributed by atoms with Crippen LogP contribution in [0.15, 0.2) is 12.3 Å². The van der Waals surface area contributed by atoms with Crippen LogP contribution in [-0.2, 0) is 13.5 Å². The molecule has 1 atom stereocenters. The van der Waals surface area contributed by atoms with Crippen molar-refractivity contribution in [2.24, 2.45) is 7.05 Å². The second-order valence-electron chi connectivity index (χ2n) is 3.46. The van der Waals surface area contributed by atoms with E-state index in [2.05, 4.69) is 10.4 Å². The summed E-state index contributed by atoms with van der Waals surface area (Å²) in [7, 11) is 1.76. The highest BCUT2D eigenvalue weighted by Gasteiger charge is 2.37. The van der Waals surface area contributed by atoms with E-state index in [4.69, 9.17) is 5.11 Å². The lowest BCUT2D eigenvalue weighted by Crippen LogP contribution is -2.39. The molecule has 0 amide bonds. The summed E-state index contributed by atoms with van der Waals surface area (Å²) in [6, 6.07) is 1.79. The highest BCUT2D eigenvalue weighted by molar-refractivity contribution is 5.00. The minimum atomic E-state index is -4.56. The second kappa shape index (κ2) is 5.31. The van der Waals surface area contributed by atoms with Crippen molar-refractivity contribution in [1.29, 1.82) is 0 Å². The van der Waals surface area contributed by atoms with Crippen molar-refractivity contribution in [3.05, 3.63) is 18.0 Å². The van der Waals surface area contributed by atoms with Gasteiger partial charge in [-0.25, -0.2) is 0 Å². The third-order valence-electron chi connectivity index (χ3n) is 2.20. The minimum Gasteiger partial charge on any atom is -0.382 e. The molecule has 0 spiro atoms. The average molecular weight is 237 g/mol. The van der Waals surface area contributed by atoms with Crippen LogP contribution in [0, 0.1) is 0 Å². The molecule has 4 nitrogen and oxygen atoms in total. The molecular formula is C9H14F3N3O. The quantitative estimate of drug-likeness (QED) is 0.732. The van der Waals surface area contributed by atoms with E-state index in [1.54, 1.807) is 24.0 Å². The zero-order chi connectivity index (χ0) is 12.2. The minimum absolute atomic E-state index is 0.368. The molecule has 0 aromatic carbocycles. The monoisotopic (exact) mass is 237 g/mol. The third-order valence-corrected chi connectivity index (χ3v) is 2.20. The molecule has 7 heteroatoms. The first kappa shape index (κ1) is 13.0. The molecule has 92 valence electrons. The highest BCUT2D eigenvalue weighted by Crippen LogP contribution is 2.19. The van der Waals surface area contributed by atoms with Crippen LogP contribution < -0.4 is 5.32 Å². The molecule has 0 aliphatic rings. The van der Waals surface area contributed by atoms with Gasteiger partial charge < -0.3 is 10.4 Å². The zero-order valence-electron chi connectivity index (χ0n) is 8.83. The van der Waals surface area contributed by atoms with Crippen LogP contribution in [-0.4, -0.2) is 40.3 Å². The van der Waals surface area contributed by atoms with Gasteiger partial charge in [0.25, 0.3) is 0 Å². The Bertz CT molecular complexity index is 324. The molecule has 1 rings (SSSR count).